The van der Waals surface area contributed by atoms with Crippen LogP contribution >= 0.6 is 0 Å². The highest BCUT2D eigenvalue weighted by Crippen LogP contribution is 2.27. The van der Waals surface area contributed by atoms with Crippen LogP contribution in [0.15, 0.2) is 24.5 Å². The zero-order valence-electron chi connectivity index (χ0n) is 12.4. The summed E-state index contributed by atoms with van der Waals surface area (Å²) in [7, 11) is 0. The van der Waals surface area contributed by atoms with Gasteiger partial charge in [0.05, 0.1) is 0 Å². The molecule has 5 heteroatoms. The summed E-state index contributed by atoms with van der Waals surface area (Å²) >= 11 is 0. The molecule has 2 aromatic heterocycles. The molecule has 0 unspecified atom stereocenters. The third-order valence-corrected chi connectivity index (χ3v) is 4.23. The molecule has 2 N–H and O–H groups in total. The summed E-state index contributed by atoms with van der Waals surface area (Å²) in [6.45, 7) is 1.69. The largest absolute Gasteiger partial charge is 0.354 e. The molecule has 3 rings (SSSR count). The zero-order valence-corrected chi connectivity index (χ0v) is 12.4. The number of fused-ring (bicyclic) bond motifs is 1. The van der Waals surface area contributed by atoms with Crippen molar-refractivity contribution < 1.29 is 0 Å². The topological polar surface area (TPSA) is 67.9 Å². The van der Waals surface area contributed by atoms with Gasteiger partial charge in [0.15, 0.2) is 5.65 Å². The molecule has 2 heterocycles. The first-order chi connectivity index (χ1) is 10.4. The maximum atomic E-state index is 5.71. The van der Waals surface area contributed by atoms with Gasteiger partial charge in [-0.15, -0.1) is 0 Å². The number of pyridine rings is 1. The van der Waals surface area contributed by atoms with Crippen LogP contribution in [0.5, 0.6) is 0 Å². The van der Waals surface area contributed by atoms with Gasteiger partial charge in [-0.1, -0.05) is 19.3 Å². The van der Waals surface area contributed by atoms with Gasteiger partial charge in [0.1, 0.15) is 11.3 Å². The maximum absolute atomic E-state index is 5.71. The van der Waals surface area contributed by atoms with E-state index in [1.165, 1.54) is 32.1 Å². The molecule has 1 aliphatic rings. The van der Waals surface area contributed by atoms with Gasteiger partial charge in [0, 0.05) is 25.0 Å². The van der Waals surface area contributed by atoms with Crippen LogP contribution in [0.2, 0.25) is 0 Å². The van der Waals surface area contributed by atoms with Crippen LogP contribution in [0, 0.1) is 0 Å². The molecule has 5 nitrogen and oxygen atoms in total. The molecule has 0 aliphatic heterocycles. The van der Waals surface area contributed by atoms with Crippen molar-refractivity contribution in [3.8, 4) is 0 Å². The Balaban J connectivity index is 1.88. The molecule has 2 aromatic rings. The highest BCUT2D eigenvalue weighted by molar-refractivity contribution is 5.71. The highest BCUT2D eigenvalue weighted by Gasteiger charge is 2.22. The monoisotopic (exact) mass is 285 g/mol. The van der Waals surface area contributed by atoms with Crippen molar-refractivity contribution in [2.24, 2.45) is 5.73 Å². The fourth-order valence-corrected chi connectivity index (χ4v) is 3.14. The summed E-state index contributed by atoms with van der Waals surface area (Å²) in [5.74, 6) is 1.02. The second-order valence-corrected chi connectivity index (χ2v) is 5.70. The average molecular weight is 285 g/mol. The number of anilines is 1. The standard InChI is InChI=1S/C16H23N5/c17-9-4-12-21(13-5-2-1-3-6-13)15-8-7-14-16(20-15)19-11-10-18-14/h7-8,10-11,13H,1-6,9,12,17H2. The van der Waals surface area contributed by atoms with Gasteiger partial charge in [0.2, 0.25) is 0 Å². The van der Waals surface area contributed by atoms with Crippen LogP contribution in [-0.2, 0) is 0 Å². The van der Waals surface area contributed by atoms with E-state index in [4.69, 9.17) is 10.7 Å². The van der Waals surface area contributed by atoms with E-state index in [1.807, 2.05) is 6.07 Å². The molecular weight excluding hydrogens is 262 g/mol. The van der Waals surface area contributed by atoms with Crippen molar-refractivity contribution in [3.05, 3.63) is 24.5 Å². The van der Waals surface area contributed by atoms with Gasteiger partial charge >= 0.3 is 0 Å². The van der Waals surface area contributed by atoms with Crippen LogP contribution in [-0.4, -0.2) is 34.1 Å². The average Bonchev–Trinajstić information content (AvgIpc) is 2.56. The summed E-state index contributed by atoms with van der Waals surface area (Å²) in [6.07, 6.45) is 10.9. The second-order valence-electron chi connectivity index (χ2n) is 5.70. The Morgan fingerprint density at radius 2 is 1.90 bits per heavy atom. The molecule has 1 aliphatic carbocycles. The molecule has 0 radical (unpaired) electrons. The molecule has 21 heavy (non-hydrogen) atoms. The number of rotatable bonds is 5. The molecule has 0 atom stereocenters. The van der Waals surface area contributed by atoms with Crippen molar-refractivity contribution in [2.75, 3.05) is 18.0 Å². The van der Waals surface area contributed by atoms with Gasteiger partial charge in [-0.3, -0.25) is 4.98 Å². The molecule has 1 saturated carbocycles. The number of nitrogens with two attached hydrogens (primary N) is 1. The Hall–Kier alpha value is -1.75. The fourth-order valence-electron chi connectivity index (χ4n) is 3.14. The lowest BCUT2D eigenvalue weighted by Crippen LogP contribution is -2.38. The highest BCUT2D eigenvalue weighted by atomic mass is 15.2. The van der Waals surface area contributed by atoms with E-state index in [1.54, 1.807) is 12.4 Å². The zero-order chi connectivity index (χ0) is 14.5. The number of hydrogen-bond donors (Lipinski definition) is 1. The summed E-state index contributed by atoms with van der Waals surface area (Å²) in [6, 6.07) is 4.68. The lowest BCUT2D eigenvalue weighted by atomic mass is 9.94. The Bertz CT molecular complexity index is 580. The van der Waals surface area contributed by atoms with Gasteiger partial charge in [-0.25, -0.2) is 9.97 Å². The van der Waals surface area contributed by atoms with E-state index in [0.717, 1.165) is 36.5 Å². The predicted molar refractivity (Wildman–Crippen MR) is 85.2 cm³/mol. The summed E-state index contributed by atoms with van der Waals surface area (Å²) < 4.78 is 0. The van der Waals surface area contributed by atoms with E-state index in [-0.39, 0.29) is 0 Å². The first-order valence-electron chi connectivity index (χ1n) is 7.93. The Kier molecular flexibility index (Phi) is 4.60. The Morgan fingerprint density at radius 3 is 2.71 bits per heavy atom. The second kappa shape index (κ2) is 6.80. The van der Waals surface area contributed by atoms with Crippen LogP contribution in [0.3, 0.4) is 0 Å². The normalized spacial score (nSPS) is 16.2. The Labute approximate surface area is 125 Å². The number of hydrogen-bond acceptors (Lipinski definition) is 5. The van der Waals surface area contributed by atoms with E-state index in [9.17, 15) is 0 Å². The van der Waals surface area contributed by atoms with Crippen LogP contribution in [0.4, 0.5) is 5.82 Å². The van der Waals surface area contributed by atoms with Crippen LogP contribution < -0.4 is 10.6 Å². The third-order valence-electron chi connectivity index (χ3n) is 4.23. The fraction of sp³-hybridized carbons (Fsp3) is 0.562. The van der Waals surface area contributed by atoms with Crippen molar-refractivity contribution in [1.29, 1.82) is 0 Å². The molecule has 0 bridgehead atoms. The van der Waals surface area contributed by atoms with Gasteiger partial charge in [-0.2, -0.15) is 0 Å². The molecule has 1 fully saturated rings. The van der Waals surface area contributed by atoms with Crippen LogP contribution in [0.1, 0.15) is 38.5 Å². The molecule has 0 aromatic carbocycles. The third kappa shape index (κ3) is 3.29. The van der Waals surface area contributed by atoms with Gasteiger partial charge < -0.3 is 10.6 Å². The molecule has 112 valence electrons. The molecule has 0 spiro atoms. The first-order valence-corrected chi connectivity index (χ1v) is 7.93. The quantitative estimate of drug-likeness (QED) is 0.914. The smallest absolute Gasteiger partial charge is 0.180 e. The van der Waals surface area contributed by atoms with Crippen LogP contribution in [0.25, 0.3) is 11.2 Å². The van der Waals surface area contributed by atoms with Crippen molar-refractivity contribution in [1.82, 2.24) is 15.0 Å². The predicted octanol–water partition coefficient (Wildman–Crippen LogP) is 2.51. The minimum absolute atomic E-state index is 0.590. The number of nitrogens with zero attached hydrogens (tertiary/aromatic N) is 4. The SMILES string of the molecule is NCCCN(c1ccc2nccnc2n1)C1CCCCC1. The van der Waals surface area contributed by atoms with E-state index < -0.39 is 0 Å². The molecule has 0 amide bonds. The lowest BCUT2D eigenvalue weighted by molar-refractivity contribution is 0.411. The summed E-state index contributed by atoms with van der Waals surface area (Å²) in [5, 5.41) is 0. The van der Waals surface area contributed by atoms with Gasteiger partial charge in [0.25, 0.3) is 0 Å². The molecule has 0 saturated heterocycles. The van der Waals surface area contributed by atoms with E-state index in [0.29, 0.717) is 6.04 Å². The van der Waals surface area contributed by atoms with Crippen molar-refractivity contribution in [3.63, 3.8) is 0 Å². The van der Waals surface area contributed by atoms with E-state index >= 15 is 0 Å². The summed E-state index contributed by atoms with van der Waals surface area (Å²) in [5.41, 5.74) is 7.28. The van der Waals surface area contributed by atoms with Crippen molar-refractivity contribution >= 4 is 17.0 Å². The minimum atomic E-state index is 0.590. The summed E-state index contributed by atoms with van der Waals surface area (Å²) in [4.78, 5) is 15.8. The lowest BCUT2D eigenvalue weighted by Gasteiger charge is -2.35. The molecular formula is C16H23N5. The van der Waals surface area contributed by atoms with Crippen molar-refractivity contribution in [2.45, 2.75) is 44.6 Å². The van der Waals surface area contributed by atoms with E-state index in [2.05, 4.69) is 20.9 Å². The Morgan fingerprint density at radius 1 is 1.10 bits per heavy atom. The van der Waals surface area contributed by atoms with Gasteiger partial charge in [-0.05, 0) is 37.9 Å². The maximum Gasteiger partial charge on any atom is 0.180 e. The minimum Gasteiger partial charge on any atom is -0.354 e. The first kappa shape index (κ1) is 14.2. The number of aromatic nitrogens is 3.